The van der Waals surface area contributed by atoms with Gasteiger partial charge in [-0.3, -0.25) is 0 Å². The van der Waals surface area contributed by atoms with Crippen LogP contribution < -0.4 is 15.5 Å². The first kappa shape index (κ1) is 18.7. The Labute approximate surface area is 159 Å². The average Bonchev–Trinajstić information content (AvgIpc) is 2.96. The smallest absolute Gasteiger partial charge is 0.315 e. The number of aromatic nitrogens is 1. The van der Waals surface area contributed by atoms with Crippen molar-refractivity contribution in [3.05, 3.63) is 45.8 Å². The number of urea groups is 1. The summed E-state index contributed by atoms with van der Waals surface area (Å²) in [6.45, 7) is 5.38. The molecule has 0 aromatic carbocycles. The highest BCUT2D eigenvalue weighted by Gasteiger charge is 2.11. The minimum atomic E-state index is -0.135. The second-order valence-corrected chi connectivity index (χ2v) is 7.93. The second-order valence-electron chi connectivity index (χ2n) is 6.68. The average molecular weight is 373 g/mol. The van der Waals surface area contributed by atoms with Crippen LogP contribution in [0.4, 0.5) is 10.6 Å². The van der Waals surface area contributed by atoms with Crippen LogP contribution in [0.5, 0.6) is 0 Å². The Balaban J connectivity index is 1.47. The third-order valence-electron chi connectivity index (χ3n) is 4.68. The van der Waals surface area contributed by atoms with Gasteiger partial charge in [0.15, 0.2) is 0 Å². The van der Waals surface area contributed by atoms with E-state index in [4.69, 9.17) is 0 Å². The first-order valence-electron chi connectivity index (χ1n) is 9.54. The highest BCUT2D eigenvalue weighted by molar-refractivity contribution is 7.11. The van der Waals surface area contributed by atoms with E-state index in [1.807, 2.05) is 12.3 Å². The maximum Gasteiger partial charge on any atom is 0.315 e. The quantitative estimate of drug-likeness (QED) is 0.803. The van der Waals surface area contributed by atoms with Gasteiger partial charge in [0.1, 0.15) is 5.82 Å². The standard InChI is InChI=1S/C20H28N4OS/c1-2-17-7-8-18(26-17)15-23-20(25)22-14-16-9-10-21-19(13-16)24-11-5-3-4-6-12-24/h7-10,13H,2-6,11-12,14-15H2,1H3,(H2,22,23,25). The largest absolute Gasteiger partial charge is 0.357 e. The number of rotatable bonds is 6. The van der Waals surface area contributed by atoms with Crippen molar-refractivity contribution in [2.24, 2.45) is 0 Å². The summed E-state index contributed by atoms with van der Waals surface area (Å²) < 4.78 is 0. The van der Waals surface area contributed by atoms with Gasteiger partial charge in [-0.05, 0) is 49.1 Å². The predicted molar refractivity (Wildman–Crippen MR) is 108 cm³/mol. The number of nitrogens with one attached hydrogen (secondary N) is 2. The van der Waals surface area contributed by atoms with E-state index in [0.29, 0.717) is 13.1 Å². The van der Waals surface area contributed by atoms with Gasteiger partial charge >= 0.3 is 6.03 Å². The first-order valence-corrected chi connectivity index (χ1v) is 10.4. The Morgan fingerprint density at radius 3 is 2.54 bits per heavy atom. The SMILES string of the molecule is CCc1ccc(CNC(=O)NCc2ccnc(N3CCCCCC3)c2)s1. The van der Waals surface area contributed by atoms with Crippen LogP contribution in [0, 0.1) is 0 Å². The van der Waals surface area contributed by atoms with E-state index in [1.165, 1.54) is 35.4 Å². The molecule has 0 saturated carbocycles. The third kappa shape index (κ3) is 5.46. The minimum absolute atomic E-state index is 0.135. The number of thiophene rings is 1. The minimum Gasteiger partial charge on any atom is -0.357 e. The Bertz CT molecular complexity index is 707. The van der Waals surface area contributed by atoms with Crippen LogP contribution in [-0.4, -0.2) is 24.1 Å². The number of aryl methyl sites for hydroxylation is 1. The number of nitrogens with zero attached hydrogens (tertiary/aromatic N) is 2. The van der Waals surface area contributed by atoms with Gasteiger partial charge in [-0.1, -0.05) is 19.8 Å². The summed E-state index contributed by atoms with van der Waals surface area (Å²) in [4.78, 5) is 21.5. The molecule has 3 heterocycles. The number of carbonyl (C=O) groups excluding carboxylic acids is 1. The molecular formula is C20H28N4OS. The molecule has 1 saturated heterocycles. The van der Waals surface area contributed by atoms with E-state index in [2.05, 4.69) is 45.6 Å². The molecule has 1 aliphatic rings. The van der Waals surface area contributed by atoms with Crippen LogP contribution in [0.25, 0.3) is 0 Å². The summed E-state index contributed by atoms with van der Waals surface area (Å²) >= 11 is 1.75. The molecular weight excluding hydrogens is 344 g/mol. The fourth-order valence-corrected chi connectivity index (χ4v) is 4.06. The van der Waals surface area contributed by atoms with Crippen LogP contribution in [-0.2, 0) is 19.5 Å². The number of hydrogen-bond donors (Lipinski definition) is 2. The Morgan fingerprint density at radius 2 is 1.81 bits per heavy atom. The van der Waals surface area contributed by atoms with E-state index in [1.54, 1.807) is 11.3 Å². The molecule has 0 bridgehead atoms. The van der Waals surface area contributed by atoms with E-state index in [9.17, 15) is 4.79 Å². The van der Waals surface area contributed by atoms with Gasteiger partial charge in [0, 0.05) is 35.6 Å². The van der Waals surface area contributed by atoms with E-state index >= 15 is 0 Å². The summed E-state index contributed by atoms with van der Waals surface area (Å²) in [5.74, 6) is 1.03. The number of hydrogen-bond acceptors (Lipinski definition) is 4. The maximum absolute atomic E-state index is 12.1. The Morgan fingerprint density at radius 1 is 1.08 bits per heavy atom. The lowest BCUT2D eigenvalue weighted by molar-refractivity contribution is 0.240. The summed E-state index contributed by atoms with van der Waals surface area (Å²) in [5.41, 5.74) is 1.08. The van der Waals surface area contributed by atoms with E-state index < -0.39 is 0 Å². The molecule has 0 unspecified atom stereocenters. The van der Waals surface area contributed by atoms with Crippen LogP contribution in [0.3, 0.4) is 0 Å². The van der Waals surface area contributed by atoms with Gasteiger partial charge in [0.05, 0.1) is 6.54 Å². The molecule has 2 aromatic heterocycles. The molecule has 0 aliphatic carbocycles. The number of carbonyl (C=O) groups is 1. The van der Waals surface area contributed by atoms with Crippen molar-refractivity contribution in [1.82, 2.24) is 15.6 Å². The number of pyridine rings is 1. The van der Waals surface area contributed by atoms with Crippen LogP contribution in [0.1, 0.15) is 47.9 Å². The highest BCUT2D eigenvalue weighted by Crippen LogP contribution is 2.18. The maximum atomic E-state index is 12.1. The number of anilines is 1. The van der Waals surface area contributed by atoms with Crippen LogP contribution in [0.15, 0.2) is 30.5 Å². The molecule has 0 atom stereocenters. The molecule has 140 valence electrons. The van der Waals surface area contributed by atoms with E-state index in [0.717, 1.165) is 30.9 Å². The lowest BCUT2D eigenvalue weighted by Gasteiger charge is -2.21. The Hall–Kier alpha value is -2.08. The molecule has 1 aliphatic heterocycles. The van der Waals surface area contributed by atoms with Gasteiger partial charge in [0.2, 0.25) is 0 Å². The van der Waals surface area contributed by atoms with Crippen molar-refractivity contribution in [2.75, 3.05) is 18.0 Å². The zero-order valence-electron chi connectivity index (χ0n) is 15.5. The molecule has 2 N–H and O–H groups in total. The molecule has 0 spiro atoms. The molecule has 0 radical (unpaired) electrons. The predicted octanol–water partition coefficient (Wildman–Crippen LogP) is 4.09. The highest BCUT2D eigenvalue weighted by atomic mass is 32.1. The zero-order valence-corrected chi connectivity index (χ0v) is 16.3. The van der Waals surface area contributed by atoms with Crippen molar-refractivity contribution in [2.45, 2.75) is 52.1 Å². The fraction of sp³-hybridized carbons (Fsp3) is 0.500. The van der Waals surface area contributed by atoms with Crippen LogP contribution in [0.2, 0.25) is 0 Å². The van der Waals surface area contributed by atoms with Gasteiger partial charge in [-0.25, -0.2) is 9.78 Å². The van der Waals surface area contributed by atoms with E-state index in [-0.39, 0.29) is 6.03 Å². The van der Waals surface area contributed by atoms with Crippen molar-refractivity contribution in [3.8, 4) is 0 Å². The lowest BCUT2D eigenvalue weighted by atomic mass is 10.2. The molecule has 1 fully saturated rings. The van der Waals surface area contributed by atoms with Gasteiger partial charge in [0.25, 0.3) is 0 Å². The third-order valence-corrected chi connectivity index (χ3v) is 5.91. The second kappa shape index (κ2) is 9.57. The van der Waals surface area contributed by atoms with Crippen LogP contribution >= 0.6 is 11.3 Å². The Kier molecular flexibility index (Phi) is 6.89. The normalized spacial score (nSPS) is 14.7. The summed E-state index contributed by atoms with van der Waals surface area (Å²) in [7, 11) is 0. The molecule has 2 aromatic rings. The van der Waals surface area contributed by atoms with Crippen molar-refractivity contribution in [1.29, 1.82) is 0 Å². The van der Waals surface area contributed by atoms with Crippen molar-refractivity contribution in [3.63, 3.8) is 0 Å². The monoisotopic (exact) mass is 372 g/mol. The molecule has 26 heavy (non-hydrogen) atoms. The zero-order chi connectivity index (χ0) is 18.2. The summed E-state index contributed by atoms with van der Waals surface area (Å²) in [6.07, 6.45) is 7.96. The molecule has 2 amide bonds. The van der Waals surface area contributed by atoms with Crippen molar-refractivity contribution >= 4 is 23.2 Å². The topological polar surface area (TPSA) is 57.3 Å². The lowest BCUT2D eigenvalue weighted by Crippen LogP contribution is -2.34. The van der Waals surface area contributed by atoms with Gasteiger partial charge < -0.3 is 15.5 Å². The summed E-state index contributed by atoms with van der Waals surface area (Å²) in [5, 5.41) is 5.87. The summed E-state index contributed by atoms with van der Waals surface area (Å²) in [6, 6.07) is 8.14. The van der Waals surface area contributed by atoms with Gasteiger partial charge in [-0.2, -0.15) is 0 Å². The first-order chi connectivity index (χ1) is 12.7. The van der Waals surface area contributed by atoms with Gasteiger partial charge in [-0.15, -0.1) is 11.3 Å². The molecule has 3 rings (SSSR count). The molecule has 6 heteroatoms. The van der Waals surface area contributed by atoms with Crippen molar-refractivity contribution < 1.29 is 4.79 Å². The number of amides is 2. The fourth-order valence-electron chi connectivity index (χ4n) is 3.16. The molecule has 5 nitrogen and oxygen atoms in total.